The van der Waals surface area contributed by atoms with Gasteiger partial charge in [-0.3, -0.25) is 14.6 Å². The number of halogens is 2. The van der Waals surface area contributed by atoms with Crippen molar-refractivity contribution in [3.8, 4) is 0 Å². The van der Waals surface area contributed by atoms with E-state index in [1.54, 1.807) is 4.90 Å². The second-order valence-electron chi connectivity index (χ2n) is 7.24. The topological polar surface area (TPSA) is 78.1 Å². The fraction of sp³-hybridized carbons (Fsp3) is 0.550. The molecule has 28 heavy (non-hydrogen) atoms. The Morgan fingerprint density at radius 2 is 1.89 bits per heavy atom. The third kappa shape index (κ3) is 4.31. The van der Waals surface area contributed by atoms with E-state index in [0.717, 1.165) is 25.9 Å². The van der Waals surface area contributed by atoms with E-state index in [-0.39, 0.29) is 23.8 Å². The molecule has 8 heteroatoms. The molecular weight excluding hydrogens is 366 g/mol. The summed E-state index contributed by atoms with van der Waals surface area (Å²) in [5.41, 5.74) is 0.876. The Kier molecular flexibility index (Phi) is 5.96. The van der Waals surface area contributed by atoms with Gasteiger partial charge in [0.05, 0.1) is 18.3 Å². The van der Waals surface area contributed by atoms with E-state index in [1.807, 2.05) is 13.8 Å². The Hall–Kier alpha value is -2.51. The van der Waals surface area contributed by atoms with Crippen LogP contribution in [0.5, 0.6) is 0 Å². The van der Waals surface area contributed by atoms with Gasteiger partial charge in [-0.15, -0.1) is 0 Å². The predicted molar refractivity (Wildman–Crippen MR) is 102 cm³/mol. The number of carbonyl (C=O) groups excluding carboxylic acids is 2. The highest BCUT2D eigenvalue weighted by atomic mass is 19.3. The number of nitrogens with one attached hydrogen (secondary N) is 2. The van der Waals surface area contributed by atoms with E-state index in [4.69, 9.17) is 0 Å². The van der Waals surface area contributed by atoms with Gasteiger partial charge in [0.2, 0.25) is 5.91 Å². The second kappa shape index (κ2) is 8.24. The number of fused-ring (bicyclic) bond motifs is 1. The molecule has 6 nitrogen and oxygen atoms in total. The maximum Gasteiger partial charge on any atom is 0.280 e. The fourth-order valence-electron chi connectivity index (χ4n) is 3.56. The van der Waals surface area contributed by atoms with Gasteiger partial charge in [-0.25, -0.2) is 8.78 Å². The third-order valence-electron chi connectivity index (χ3n) is 5.53. The first kappa shape index (κ1) is 20.2. The average Bonchev–Trinajstić information content (AvgIpc) is 3.32. The monoisotopic (exact) mass is 392 g/mol. The van der Waals surface area contributed by atoms with Crippen LogP contribution in [-0.4, -0.2) is 46.3 Å². The van der Waals surface area contributed by atoms with Crippen LogP contribution in [0.2, 0.25) is 0 Å². The first-order valence-electron chi connectivity index (χ1n) is 9.79. The van der Waals surface area contributed by atoms with Gasteiger partial charge in [0.15, 0.2) is 0 Å². The summed E-state index contributed by atoms with van der Waals surface area (Å²) in [6, 6.07) is 2.74. The minimum absolute atomic E-state index is 0.0677. The number of alkyl halides is 2. The van der Waals surface area contributed by atoms with Gasteiger partial charge in [-0.1, -0.05) is 13.8 Å². The molecule has 2 aromatic heterocycles. The molecule has 1 saturated heterocycles. The molecule has 152 valence electrons. The fourth-order valence-corrected chi connectivity index (χ4v) is 3.56. The molecule has 2 N–H and O–H groups in total. The van der Waals surface area contributed by atoms with Gasteiger partial charge in [0.1, 0.15) is 11.4 Å². The molecular formula is C20H26F2N4O2. The molecule has 4 rings (SSSR count). The van der Waals surface area contributed by atoms with Crippen molar-refractivity contribution in [1.82, 2.24) is 20.2 Å². The zero-order valence-electron chi connectivity index (χ0n) is 16.2. The number of nitrogens with zero attached hydrogens (tertiary/aromatic N) is 2. The molecule has 1 spiro atoms. The van der Waals surface area contributed by atoms with Crippen LogP contribution in [0, 0.1) is 5.41 Å². The molecule has 1 aliphatic carbocycles. The van der Waals surface area contributed by atoms with E-state index < -0.39 is 12.3 Å². The lowest BCUT2D eigenvalue weighted by Crippen LogP contribution is -2.44. The molecule has 1 aliphatic heterocycles. The number of H-pyrrole nitrogens is 1. The lowest BCUT2D eigenvalue weighted by molar-refractivity contribution is -0.131. The zero-order chi connectivity index (χ0) is 20.3. The Bertz CT molecular complexity index is 851. The molecule has 3 heterocycles. The van der Waals surface area contributed by atoms with Crippen LogP contribution in [0.15, 0.2) is 18.3 Å². The van der Waals surface area contributed by atoms with Crippen molar-refractivity contribution in [3.05, 3.63) is 29.7 Å². The van der Waals surface area contributed by atoms with Gasteiger partial charge in [-0.05, 0) is 43.2 Å². The summed E-state index contributed by atoms with van der Waals surface area (Å²) in [6.45, 7) is 5.44. The smallest absolute Gasteiger partial charge is 0.280 e. The molecule has 0 aromatic carbocycles. The summed E-state index contributed by atoms with van der Waals surface area (Å²) in [4.78, 5) is 32.8. The summed E-state index contributed by atoms with van der Waals surface area (Å²) in [6.07, 6.45) is 3.26. The lowest BCUT2D eigenvalue weighted by atomic mass is 9.94. The number of carbonyl (C=O) groups is 2. The van der Waals surface area contributed by atoms with Crippen LogP contribution in [0.4, 0.5) is 8.78 Å². The number of aromatic nitrogens is 2. The minimum Gasteiger partial charge on any atom is -0.349 e. The normalized spacial score (nSPS) is 17.4. The van der Waals surface area contributed by atoms with Crippen molar-refractivity contribution >= 4 is 22.7 Å². The number of piperidine rings is 1. The van der Waals surface area contributed by atoms with Gasteiger partial charge in [0, 0.05) is 18.5 Å². The maximum atomic E-state index is 12.7. The minimum atomic E-state index is -2.66. The first-order chi connectivity index (χ1) is 13.5. The second-order valence-corrected chi connectivity index (χ2v) is 7.24. The highest BCUT2D eigenvalue weighted by Crippen LogP contribution is 2.53. The van der Waals surface area contributed by atoms with Crippen LogP contribution in [-0.2, 0) is 4.79 Å². The van der Waals surface area contributed by atoms with E-state index in [9.17, 15) is 18.4 Å². The molecule has 2 fully saturated rings. The van der Waals surface area contributed by atoms with E-state index >= 15 is 0 Å². The van der Waals surface area contributed by atoms with Crippen molar-refractivity contribution in [2.75, 3.05) is 19.6 Å². The third-order valence-corrected chi connectivity index (χ3v) is 5.53. The van der Waals surface area contributed by atoms with Crippen molar-refractivity contribution in [2.45, 2.75) is 46.0 Å². The molecule has 2 aliphatic rings. The summed E-state index contributed by atoms with van der Waals surface area (Å²) < 4.78 is 25.4. The highest BCUT2D eigenvalue weighted by molar-refractivity contribution is 5.99. The molecule has 1 saturated carbocycles. The Labute approximate surface area is 162 Å². The number of amides is 2. The van der Waals surface area contributed by atoms with Crippen molar-refractivity contribution in [2.24, 2.45) is 5.41 Å². The molecule has 0 unspecified atom stereocenters. The average molecular weight is 392 g/mol. The number of aromatic amines is 1. The lowest BCUT2D eigenvalue weighted by Gasteiger charge is -2.32. The Morgan fingerprint density at radius 3 is 2.50 bits per heavy atom. The highest BCUT2D eigenvalue weighted by Gasteiger charge is 2.44. The van der Waals surface area contributed by atoms with Gasteiger partial charge in [0.25, 0.3) is 12.3 Å². The summed E-state index contributed by atoms with van der Waals surface area (Å²) >= 11 is 0. The van der Waals surface area contributed by atoms with Crippen LogP contribution < -0.4 is 5.32 Å². The van der Waals surface area contributed by atoms with Crippen LogP contribution >= 0.6 is 0 Å². The largest absolute Gasteiger partial charge is 0.349 e. The maximum absolute atomic E-state index is 12.7. The number of rotatable bonds is 4. The molecule has 0 bridgehead atoms. The van der Waals surface area contributed by atoms with Crippen LogP contribution in [0.1, 0.15) is 62.1 Å². The molecule has 0 atom stereocenters. The summed E-state index contributed by atoms with van der Waals surface area (Å²) in [5, 5.41) is 3.08. The number of likely N-dealkylation sites (tertiary alicyclic amines) is 1. The van der Waals surface area contributed by atoms with Gasteiger partial charge < -0.3 is 15.2 Å². The summed E-state index contributed by atoms with van der Waals surface area (Å²) in [7, 11) is 0. The molecule has 2 amide bonds. The SMILES string of the molecule is CC.O=C(NCC(=O)N1CCC2(CC1)CC2)c1cc2cc(C(F)F)ncc2[nH]1. The Balaban J connectivity index is 0.00000109. The van der Waals surface area contributed by atoms with Gasteiger partial charge >= 0.3 is 0 Å². The Morgan fingerprint density at radius 1 is 1.21 bits per heavy atom. The van der Waals surface area contributed by atoms with Crippen molar-refractivity contribution in [1.29, 1.82) is 0 Å². The number of hydrogen-bond acceptors (Lipinski definition) is 3. The van der Waals surface area contributed by atoms with E-state index in [0.29, 0.717) is 16.3 Å². The predicted octanol–water partition coefficient (Wildman–Crippen LogP) is 3.66. The first-order valence-corrected chi connectivity index (χ1v) is 9.79. The zero-order valence-corrected chi connectivity index (χ0v) is 16.2. The van der Waals surface area contributed by atoms with Crippen molar-refractivity contribution in [3.63, 3.8) is 0 Å². The molecule has 0 radical (unpaired) electrons. The standard InChI is InChI=1S/C18H20F2N4O2.C2H6/c19-16(20)12-7-11-8-13(23-14(11)9-21-12)17(26)22-10-15(25)24-5-3-18(1-2-18)4-6-24;1-2/h7-9,16,23H,1-6,10H2,(H,22,26);1-2H3. The van der Waals surface area contributed by atoms with E-state index in [2.05, 4.69) is 15.3 Å². The quantitative estimate of drug-likeness (QED) is 0.834. The van der Waals surface area contributed by atoms with Gasteiger partial charge in [-0.2, -0.15) is 0 Å². The van der Waals surface area contributed by atoms with Crippen LogP contribution in [0.25, 0.3) is 10.9 Å². The number of hydrogen-bond donors (Lipinski definition) is 2. The van der Waals surface area contributed by atoms with E-state index in [1.165, 1.54) is 31.2 Å². The van der Waals surface area contributed by atoms with Crippen molar-refractivity contribution < 1.29 is 18.4 Å². The van der Waals surface area contributed by atoms with Crippen LogP contribution in [0.3, 0.4) is 0 Å². The summed E-state index contributed by atoms with van der Waals surface area (Å²) in [5.74, 6) is -0.532. The molecule has 2 aromatic rings. The number of pyridine rings is 1.